The van der Waals surface area contributed by atoms with E-state index in [9.17, 15) is 4.79 Å². The second kappa shape index (κ2) is 6.26. The second-order valence-corrected chi connectivity index (χ2v) is 5.75. The minimum atomic E-state index is -0.537. The number of primary amides is 1. The second-order valence-electron chi connectivity index (χ2n) is 4.90. The van der Waals surface area contributed by atoms with Gasteiger partial charge in [0.25, 0.3) is 5.91 Å². The summed E-state index contributed by atoms with van der Waals surface area (Å²) in [5, 5.41) is 4.06. The van der Waals surface area contributed by atoms with Crippen LogP contribution in [-0.4, -0.2) is 18.0 Å². The number of methoxy groups -OCH3 is 1. The lowest BCUT2D eigenvalue weighted by Crippen LogP contribution is -2.14. The lowest BCUT2D eigenvalue weighted by atomic mass is 10.1. The number of para-hydroxylation sites is 1. The van der Waals surface area contributed by atoms with Gasteiger partial charge in [-0.15, -0.1) is 0 Å². The number of hydrogen-bond acceptors (Lipinski definition) is 4. The van der Waals surface area contributed by atoms with Gasteiger partial charge in [0, 0.05) is 22.1 Å². The van der Waals surface area contributed by atoms with E-state index in [1.54, 1.807) is 7.11 Å². The van der Waals surface area contributed by atoms with Crippen LogP contribution in [0.1, 0.15) is 10.4 Å². The molecule has 0 atom stereocenters. The van der Waals surface area contributed by atoms with Crippen LogP contribution >= 0.6 is 15.9 Å². The van der Waals surface area contributed by atoms with Crippen molar-refractivity contribution >= 4 is 44.1 Å². The molecule has 0 saturated heterocycles. The Labute approximate surface area is 141 Å². The molecule has 2 aromatic carbocycles. The van der Waals surface area contributed by atoms with E-state index >= 15 is 0 Å². The van der Waals surface area contributed by atoms with Gasteiger partial charge in [0.1, 0.15) is 5.75 Å². The third kappa shape index (κ3) is 2.98. The Balaban J connectivity index is 2.21. The summed E-state index contributed by atoms with van der Waals surface area (Å²) in [6, 6.07) is 13.1. The average Bonchev–Trinajstić information content (AvgIpc) is 2.56. The Bertz CT molecular complexity index is 896. The Morgan fingerprint density at radius 2 is 2.04 bits per heavy atom. The number of nitrogens with one attached hydrogen (secondary N) is 1. The fraction of sp³-hybridized carbons (Fsp3) is 0.0588. The number of halogens is 1. The zero-order valence-corrected chi connectivity index (χ0v) is 13.9. The highest BCUT2D eigenvalue weighted by Gasteiger charge is 2.15. The third-order valence-corrected chi connectivity index (χ3v) is 4.17. The van der Waals surface area contributed by atoms with Gasteiger partial charge in [0.2, 0.25) is 0 Å². The number of carbonyl (C=O) groups excluding carboxylic acids is 1. The van der Waals surface area contributed by atoms with Crippen LogP contribution in [0, 0.1) is 0 Å². The fourth-order valence-corrected chi connectivity index (χ4v) is 2.70. The van der Waals surface area contributed by atoms with Gasteiger partial charge in [-0.05, 0) is 40.2 Å². The predicted molar refractivity (Wildman–Crippen MR) is 94.2 cm³/mol. The lowest BCUT2D eigenvalue weighted by molar-refractivity contribution is 0.100. The highest BCUT2D eigenvalue weighted by atomic mass is 79.9. The Kier molecular flexibility index (Phi) is 4.16. The number of hydrogen-bond donors (Lipinski definition) is 2. The van der Waals surface area contributed by atoms with Crippen LogP contribution in [0.3, 0.4) is 0 Å². The van der Waals surface area contributed by atoms with Gasteiger partial charge in [0.15, 0.2) is 0 Å². The summed E-state index contributed by atoms with van der Waals surface area (Å²) in [6.07, 6.45) is 1.48. The van der Waals surface area contributed by atoms with Crippen LogP contribution in [0.2, 0.25) is 0 Å². The number of pyridine rings is 1. The molecule has 3 rings (SSSR count). The lowest BCUT2D eigenvalue weighted by Gasteiger charge is -2.14. The molecule has 0 unspecified atom stereocenters. The first-order valence-corrected chi connectivity index (χ1v) is 7.67. The maximum absolute atomic E-state index is 11.8. The average molecular weight is 372 g/mol. The van der Waals surface area contributed by atoms with E-state index in [-0.39, 0.29) is 0 Å². The van der Waals surface area contributed by atoms with Crippen molar-refractivity contribution in [1.82, 2.24) is 4.98 Å². The van der Waals surface area contributed by atoms with Crippen LogP contribution in [0.5, 0.6) is 5.75 Å². The molecule has 0 fully saturated rings. The predicted octanol–water partition coefficient (Wildman–Crippen LogP) is 3.85. The van der Waals surface area contributed by atoms with Crippen molar-refractivity contribution in [2.24, 2.45) is 5.73 Å². The number of nitrogens with two attached hydrogens (primary N) is 1. The number of nitrogens with zero attached hydrogens (tertiary/aromatic N) is 1. The fourth-order valence-electron chi connectivity index (χ4n) is 2.32. The van der Waals surface area contributed by atoms with Crippen molar-refractivity contribution in [3.8, 4) is 5.75 Å². The van der Waals surface area contributed by atoms with Crippen LogP contribution < -0.4 is 15.8 Å². The molecule has 6 heteroatoms. The summed E-state index contributed by atoms with van der Waals surface area (Å²) < 4.78 is 6.10. The molecule has 116 valence electrons. The number of fused-ring (bicyclic) bond motifs is 1. The smallest absolute Gasteiger partial charge is 0.252 e. The molecule has 0 radical (unpaired) electrons. The number of rotatable bonds is 4. The molecule has 3 aromatic rings. The van der Waals surface area contributed by atoms with E-state index in [0.717, 1.165) is 15.5 Å². The van der Waals surface area contributed by atoms with Gasteiger partial charge in [-0.25, -0.2) is 0 Å². The van der Waals surface area contributed by atoms with Crippen molar-refractivity contribution in [1.29, 1.82) is 0 Å². The monoisotopic (exact) mass is 371 g/mol. The third-order valence-electron chi connectivity index (χ3n) is 3.48. The van der Waals surface area contributed by atoms with E-state index in [4.69, 9.17) is 10.5 Å². The van der Waals surface area contributed by atoms with Crippen LogP contribution in [0.4, 0.5) is 11.4 Å². The van der Waals surface area contributed by atoms with Gasteiger partial charge in [0.05, 0.1) is 29.6 Å². The van der Waals surface area contributed by atoms with Gasteiger partial charge < -0.3 is 15.8 Å². The zero-order chi connectivity index (χ0) is 16.4. The van der Waals surface area contributed by atoms with E-state index in [0.29, 0.717) is 22.5 Å². The molecule has 1 heterocycles. The first kappa shape index (κ1) is 15.3. The summed E-state index contributed by atoms with van der Waals surface area (Å²) in [6.45, 7) is 0. The van der Waals surface area contributed by atoms with Gasteiger partial charge in [-0.2, -0.15) is 0 Å². The molecule has 5 nitrogen and oxygen atoms in total. The van der Waals surface area contributed by atoms with Crippen molar-refractivity contribution < 1.29 is 9.53 Å². The van der Waals surface area contributed by atoms with Gasteiger partial charge in [-0.1, -0.05) is 12.1 Å². The summed E-state index contributed by atoms with van der Waals surface area (Å²) in [5.41, 5.74) is 8.00. The molecule has 1 amide bonds. The minimum Gasteiger partial charge on any atom is -0.497 e. The van der Waals surface area contributed by atoms with Crippen LogP contribution in [-0.2, 0) is 0 Å². The first-order chi connectivity index (χ1) is 11.1. The normalized spacial score (nSPS) is 10.5. The Morgan fingerprint density at radius 1 is 1.26 bits per heavy atom. The summed E-state index contributed by atoms with van der Waals surface area (Å²) >= 11 is 3.49. The van der Waals surface area contributed by atoms with Crippen molar-refractivity contribution in [2.75, 3.05) is 12.4 Å². The molecule has 0 spiro atoms. The number of carbonyl (C=O) groups is 1. The van der Waals surface area contributed by atoms with E-state index in [1.807, 2.05) is 42.5 Å². The molecule has 3 N–H and O–H groups in total. The molecular formula is C17H14BrN3O2. The maximum atomic E-state index is 11.8. The molecule has 0 saturated carbocycles. The summed E-state index contributed by atoms with van der Waals surface area (Å²) in [5.74, 6) is 0.161. The molecule has 0 aliphatic heterocycles. The van der Waals surface area contributed by atoms with Gasteiger partial charge >= 0.3 is 0 Å². The first-order valence-electron chi connectivity index (χ1n) is 6.88. The maximum Gasteiger partial charge on any atom is 0.252 e. The molecular weight excluding hydrogens is 358 g/mol. The number of benzene rings is 2. The Morgan fingerprint density at radius 3 is 2.74 bits per heavy atom. The number of aromatic nitrogens is 1. The largest absolute Gasteiger partial charge is 0.497 e. The van der Waals surface area contributed by atoms with E-state index < -0.39 is 5.91 Å². The summed E-state index contributed by atoms with van der Waals surface area (Å²) in [7, 11) is 1.60. The molecule has 0 aliphatic carbocycles. The minimum absolute atomic E-state index is 0.332. The van der Waals surface area contributed by atoms with E-state index in [1.165, 1.54) is 6.20 Å². The topological polar surface area (TPSA) is 77.2 Å². The molecule has 23 heavy (non-hydrogen) atoms. The van der Waals surface area contributed by atoms with E-state index in [2.05, 4.69) is 26.2 Å². The molecule has 0 bridgehead atoms. The number of amides is 1. The molecule has 1 aromatic heterocycles. The number of anilines is 2. The highest BCUT2D eigenvalue weighted by molar-refractivity contribution is 9.10. The molecule has 0 aliphatic rings. The van der Waals surface area contributed by atoms with Crippen molar-refractivity contribution in [3.63, 3.8) is 0 Å². The standard InChI is InChI=1S/C17H14BrN3O2/c1-23-10-6-7-11-15(8-10)20-9-12(17(19)22)16(11)21-14-5-3-2-4-13(14)18/h2-9H,1H3,(H2,19,22)(H,20,21). The highest BCUT2D eigenvalue weighted by Crippen LogP contribution is 2.33. The number of ether oxygens (including phenoxy) is 1. The summed E-state index contributed by atoms with van der Waals surface area (Å²) in [4.78, 5) is 16.1. The Hall–Kier alpha value is -2.60. The van der Waals surface area contributed by atoms with Crippen molar-refractivity contribution in [2.45, 2.75) is 0 Å². The SMILES string of the molecule is COc1ccc2c(Nc3ccccc3Br)c(C(N)=O)cnc2c1. The zero-order valence-electron chi connectivity index (χ0n) is 12.3. The van der Waals surface area contributed by atoms with Crippen LogP contribution in [0.15, 0.2) is 53.1 Å². The van der Waals surface area contributed by atoms with Crippen LogP contribution in [0.25, 0.3) is 10.9 Å². The quantitative estimate of drug-likeness (QED) is 0.729. The van der Waals surface area contributed by atoms with Crippen molar-refractivity contribution in [3.05, 3.63) is 58.7 Å². The van der Waals surface area contributed by atoms with Gasteiger partial charge in [-0.3, -0.25) is 9.78 Å².